The third-order valence-corrected chi connectivity index (χ3v) is 4.35. The fraction of sp³-hybridized carbons (Fsp3) is 0.182. The largest absolute Gasteiger partial charge is 0.772 e. The van der Waals surface area contributed by atoms with Gasteiger partial charge in [-0.2, -0.15) is 8.42 Å². The summed E-state index contributed by atoms with van der Waals surface area (Å²) in [5, 5.41) is 1.21. The molecule has 1 rings (SSSR count). The van der Waals surface area contributed by atoms with Crippen LogP contribution in [0, 0.1) is 0 Å². The first-order valence-corrected chi connectivity index (χ1v) is 8.11. The van der Waals surface area contributed by atoms with E-state index in [-0.39, 0.29) is 17.8 Å². The third-order valence-electron chi connectivity index (χ3n) is 2.52. The second-order valence-corrected chi connectivity index (χ2v) is 6.43. The highest BCUT2D eigenvalue weighted by Crippen LogP contribution is 2.22. The fourth-order valence-corrected chi connectivity index (χ4v) is 2.72. The lowest BCUT2D eigenvalue weighted by atomic mass is 10.2. The molecule has 8 nitrogen and oxygen atoms in total. The number of hydrogen-bond acceptors (Lipinski definition) is 6. The van der Waals surface area contributed by atoms with E-state index in [2.05, 4.69) is 11.9 Å². The molecule has 116 valence electrons. The summed E-state index contributed by atoms with van der Waals surface area (Å²) in [6, 6.07) is 3.68. The summed E-state index contributed by atoms with van der Waals surface area (Å²) >= 11 is -2.48. The lowest BCUT2D eigenvalue weighted by Gasteiger charge is -2.17. The molecule has 0 bridgehead atoms. The Morgan fingerprint density at radius 1 is 1.57 bits per heavy atom. The van der Waals surface area contributed by atoms with Crippen LogP contribution in [-0.4, -0.2) is 39.4 Å². The number of carbonyl (C=O) groups is 1. The Morgan fingerprint density at radius 2 is 2.19 bits per heavy atom. The van der Waals surface area contributed by atoms with Gasteiger partial charge in [0.15, 0.2) is 0 Å². The maximum absolute atomic E-state index is 11.9. The molecule has 0 saturated heterocycles. The zero-order chi connectivity index (χ0) is 16.2. The topological polar surface area (TPSA) is 150 Å². The van der Waals surface area contributed by atoms with Crippen LogP contribution >= 0.6 is 0 Å². The van der Waals surface area contributed by atoms with Gasteiger partial charge in [-0.15, -0.1) is 6.58 Å². The first-order chi connectivity index (χ1) is 9.68. The molecule has 1 aromatic carbocycles. The molecule has 10 heteroatoms. The van der Waals surface area contributed by atoms with Crippen molar-refractivity contribution in [1.82, 2.24) is 5.32 Å². The van der Waals surface area contributed by atoms with Crippen molar-refractivity contribution in [3.05, 3.63) is 36.4 Å². The summed E-state index contributed by atoms with van der Waals surface area (Å²) in [6.07, 6.45) is 1.12. The molecule has 0 aliphatic heterocycles. The molecule has 0 fully saturated rings. The predicted octanol–water partition coefficient (Wildman–Crippen LogP) is -0.321. The van der Waals surface area contributed by atoms with Gasteiger partial charge in [0, 0.05) is 6.54 Å². The van der Waals surface area contributed by atoms with E-state index >= 15 is 0 Å². The molecule has 2 unspecified atom stereocenters. The lowest BCUT2D eigenvalue weighted by molar-refractivity contribution is 0.0951. The normalized spacial score (nSPS) is 14.2. The Bertz CT molecular complexity index is 686. The molecule has 21 heavy (non-hydrogen) atoms. The van der Waals surface area contributed by atoms with E-state index in [1.807, 2.05) is 0 Å². The molecule has 1 amide bonds. The Hall–Kier alpha value is -1.75. The second kappa shape index (κ2) is 6.80. The summed E-state index contributed by atoms with van der Waals surface area (Å²) in [6.45, 7) is 3.01. The molecule has 0 spiro atoms. The molecule has 0 saturated carbocycles. The van der Waals surface area contributed by atoms with E-state index in [0.29, 0.717) is 0 Å². The minimum absolute atomic E-state index is 0.293. The molecule has 2 atom stereocenters. The molecule has 1 aromatic rings. The van der Waals surface area contributed by atoms with Crippen LogP contribution in [0.15, 0.2) is 35.7 Å². The average Bonchev–Trinajstić information content (AvgIpc) is 2.36. The maximum Gasteiger partial charge on any atom is 0.297 e. The lowest BCUT2D eigenvalue weighted by Crippen LogP contribution is -2.34. The van der Waals surface area contributed by atoms with Crippen molar-refractivity contribution in [3.63, 3.8) is 0 Å². The minimum atomic E-state index is -4.70. The summed E-state index contributed by atoms with van der Waals surface area (Å²) in [7, 11) is -4.70. The van der Waals surface area contributed by atoms with Crippen molar-refractivity contribution in [3.8, 4) is 0 Å². The van der Waals surface area contributed by atoms with Crippen LogP contribution in [0.5, 0.6) is 0 Å². The zero-order valence-electron chi connectivity index (χ0n) is 10.7. The third kappa shape index (κ3) is 4.36. The first-order valence-electron chi connectivity index (χ1n) is 5.53. The van der Waals surface area contributed by atoms with Gasteiger partial charge >= 0.3 is 0 Å². The van der Waals surface area contributed by atoms with Crippen LogP contribution in [0.25, 0.3) is 0 Å². The molecule has 0 heterocycles. The maximum atomic E-state index is 11.9. The summed E-state index contributed by atoms with van der Waals surface area (Å²) < 4.78 is 53.2. The number of hydrogen-bond donors (Lipinski definition) is 3. The van der Waals surface area contributed by atoms with Gasteiger partial charge in [0.05, 0.1) is 16.5 Å². The number of nitrogens with one attached hydrogen (secondary N) is 1. The van der Waals surface area contributed by atoms with Gasteiger partial charge < -0.3 is 15.6 Å². The van der Waals surface area contributed by atoms with E-state index in [1.165, 1.54) is 12.1 Å². The summed E-state index contributed by atoms with van der Waals surface area (Å²) in [5.74, 6) is -0.882. The van der Waals surface area contributed by atoms with Crippen LogP contribution in [0.3, 0.4) is 0 Å². The SMILES string of the molecule is C=CC(CNC(=O)c1cccc(N)c1S(=O)(=O)O)S(=O)[O-]. The van der Waals surface area contributed by atoms with Crippen LogP contribution in [0.1, 0.15) is 10.4 Å². The van der Waals surface area contributed by atoms with E-state index in [4.69, 9.17) is 10.3 Å². The van der Waals surface area contributed by atoms with Gasteiger partial charge in [-0.3, -0.25) is 13.6 Å². The number of nitrogens with two attached hydrogens (primary N) is 1. The van der Waals surface area contributed by atoms with E-state index < -0.39 is 37.3 Å². The fourth-order valence-electron chi connectivity index (χ4n) is 1.54. The quantitative estimate of drug-likeness (QED) is 0.279. The Kier molecular flexibility index (Phi) is 5.61. The zero-order valence-corrected chi connectivity index (χ0v) is 12.3. The van der Waals surface area contributed by atoms with Gasteiger partial charge in [-0.25, -0.2) is 0 Å². The summed E-state index contributed by atoms with van der Waals surface area (Å²) in [5.41, 5.74) is 4.77. The molecule has 0 radical (unpaired) electrons. The number of nitrogen functional groups attached to an aromatic ring is 1. The number of rotatable bonds is 6. The Labute approximate surface area is 124 Å². The van der Waals surface area contributed by atoms with Gasteiger partial charge in [-0.05, 0) is 23.2 Å². The average molecular weight is 333 g/mol. The van der Waals surface area contributed by atoms with Crippen molar-refractivity contribution in [2.45, 2.75) is 10.1 Å². The van der Waals surface area contributed by atoms with Crippen molar-refractivity contribution >= 4 is 32.8 Å². The highest BCUT2D eigenvalue weighted by Gasteiger charge is 2.23. The van der Waals surface area contributed by atoms with Crippen LogP contribution in [0.4, 0.5) is 5.69 Å². The van der Waals surface area contributed by atoms with Crippen LogP contribution in [-0.2, 0) is 21.2 Å². The van der Waals surface area contributed by atoms with E-state index in [0.717, 1.165) is 12.1 Å². The molecule has 0 aliphatic rings. The molecular weight excluding hydrogens is 320 g/mol. The summed E-state index contributed by atoms with van der Waals surface area (Å²) in [4.78, 5) is 11.2. The highest BCUT2D eigenvalue weighted by atomic mass is 32.2. The highest BCUT2D eigenvalue weighted by molar-refractivity contribution is 7.86. The predicted molar refractivity (Wildman–Crippen MR) is 75.9 cm³/mol. The molecule has 0 aliphatic carbocycles. The van der Waals surface area contributed by atoms with Crippen molar-refractivity contribution in [2.75, 3.05) is 12.3 Å². The molecular formula is C11H13N2O6S2-. The van der Waals surface area contributed by atoms with Crippen molar-refractivity contribution in [2.24, 2.45) is 0 Å². The van der Waals surface area contributed by atoms with Gasteiger partial charge in [0.2, 0.25) is 0 Å². The van der Waals surface area contributed by atoms with E-state index in [1.54, 1.807) is 0 Å². The van der Waals surface area contributed by atoms with Crippen LogP contribution < -0.4 is 11.1 Å². The number of anilines is 1. The molecule has 0 aromatic heterocycles. The Balaban J connectivity index is 3.07. The second-order valence-electron chi connectivity index (χ2n) is 3.94. The van der Waals surface area contributed by atoms with Gasteiger partial charge in [-0.1, -0.05) is 12.1 Å². The number of carbonyl (C=O) groups excluding carboxylic acids is 1. The first kappa shape index (κ1) is 17.3. The van der Waals surface area contributed by atoms with Crippen molar-refractivity contribution in [1.29, 1.82) is 0 Å². The van der Waals surface area contributed by atoms with Crippen molar-refractivity contribution < 1.29 is 26.5 Å². The smallest absolute Gasteiger partial charge is 0.297 e. The van der Waals surface area contributed by atoms with E-state index in [9.17, 15) is 22.0 Å². The molecule has 4 N–H and O–H groups in total. The Morgan fingerprint density at radius 3 is 2.67 bits per heavy atom. The van der Waals surface area contributed by atoms with Crippen LogP contribution in [0.2, 0.25) is 0 Å². The minimum Gasteiger partial charge on any atom is -0.772 e. The number of benzene rings is 1. The monoisotopic (exact) mass is 333 g/mol. The van der Waals surface area contributed by atoms with Gasteiger partial charge in [0.25, 0.3) is 16.0 Å². The number of amides is 1. The standard InChI is InChI=1S/C11H14N2O6S2/c1-2-7(20(15)16)6-13-11(14)8-4-3-5-9(12)10(8)21(17,18)19/h2-5,7H,1,6,12H2,(H,13,14)(H,15,16)(H,17,18,19)/p-1. The van der Waals surface area contributed by atoms with Gasteiger partial charge in [0.1, 0.15) is 4.90 Å².